The van der Waals surface area contributed by atoms with Crippen molar-refractivity contribution in [2.24, 2.45) is 11.3 Å². The van der Waals surface area contributed by atoms with Gasteiger partial charge in [0.1, 0.15) is 5.75 Å². The maximum absolute atomic E-state index is 11.6. The number of nitrogens with one attached hydrogen (secondary N) is 1. The zero-order valence-electron chi connectivity index (χ0n) is 18.4. The highest BCUT2D eigenvalue weighted by molar-refractivity contribution is 7.89. The number of carbonyl (C=O) groups is 1. The van der Waals surface area contributed by atoms with Gasteiger partial charge in [0.25, 0.3) is 0 Å². The van der Waals surface area contributed by atoms with Gasteiger partial charge in [-0.2, -0.15) is 0 Å². The summed E-state index contributed by atoms with van der Waals surface area (Å²) in [5, 5.41) is 0. The number of carbonyl (C=O) groups excluding carboxylic acids is 1. The van der Waals surface area contributed by atoms with Gasteiger partial charge in [-0.1, -0.05) is 51.1 Å². The first-order valence-corrected chi connectivity index (χ1v) is 12.0. The topological polar surface area (TPSA) is 90.9 Å². The van der Waals surface area contributed by atoms with E-state index in [4.69, 9.17) is 14.2 Å². The minimum absolute atomic E-state index is 0.0843. The molecule has 168 valence electrons. The van der Waals surface area contributed by atoms with Crippen LogP contribution in [0.5, 0.6) is 5.75 Å². The third kappa shape index (κ3) is 7.41. The minimum atomic E-state index is -3.51. The van der Waals surface area contributed by atoms with Crippen molar-refractivity contribution in [3.8, 4) is 5.75 Å². The summed E-state index contributed by atoms with van der Waals surface area (Å²) in [7, 11) is -1.87. The van der Waals surface area contributed by atoms with Crippen LogP contribution in [0.2, 0.25) is 0 Å². The normalized spacial score (nSPS) is 22.8. The number of hydrogen-bond donors (Lipinski definition) is 1. The largest absolute Gasteiger partial charge is 0.496 e. The van der Waals surface area contributed by atoms with Crippen LogP contribution >= 0.6 is 0 Å². The Hall–Kier alpha value is -1.90. The average Bonchev–Trinajstić information content (AvgIpc) is 2.65. The fraction of sp³-hybridized carbons (Fsp3) is 0.591. The minimum Gasteiger partial charge on any atom is -0.496 e. The number of amides is 1. The predicted molar refractivity (Wildman–Crippen MR) is 115 cm³/mol. The van der Waals surface area contributed by atoms with Crippen molar-refractivity contribution in [3.63, 3.8) is 0 Å². The summed E-state index contributed by atoms with van der Waals surface area (Å²) in [6, 6.07) is 7.84. The molecule has 1 aromatic carbocycles. The van der Waals surface area contributed by atoms with E-state index in [0.29, 0.717) is 19.4 Å². The van der Waals surface area contributed by atoms with Gasteiger partial charge in [-0.25, -0.2) is 8.42 Å². The number of benzene rings is 1. The first-order chi connectivity index (χ1) is 14.0. The number of para-hydroxylation sites is 1. The van der Waals surface area contributed by atoms with E-state index in [1.54, 1.807) is 7.11 Å². The maximum Gasteiger partial charge on any atom is 0.233 e. The molecule has 2 rings (SSSR count). The highest BCUT2D eigenvalue weighted by atomic mass is 32.2. The van der Waals surface area contributed by atoms with Crippen molar-refractivity contribution in [2.75, 3.05) is 20.0 Å². The van der Waals surface area contributed by atoms with Crippen LogP contribution in [0.25, 0.3) is 0 Å². The summed E-state index contributed by atoms with van der Waals surface area (Å²) in [5.41, 5.74) is 0.831. The van der Waals surface area contributed by atoms with Crippen molar-refractivity contribution >= 4 is 15.9 Å². The standard InChI is InChI=1S/C22H33NO6S/c1-22(2,3)21-28-15-16(11-7-6-8-14-19(24)23-30(5,25)26)20(29-21)17-12-9-10-13-18(17)27-4/h6-7,9-10,12-13,16,20-21H,8,11,14-15H2,1-5H3,(H,23,24)/b7-6-. The quantitative estimate of drug-likeness (QED) is 0.623. The second-order valence-corrected chi connectivity index (χ2v) is 10.4. The van der Waals surface area contributed by atoms with E-state index in [1.165, 1.54) is 0 Å². The SMILES string of the molecule is COc1ccccc1C1OC(C(C)(C)C)OCC1C/C=C\CCC(=O)NS(C)(=O)=O. The molecule has 8 heteroatoms. The number of rotatable bonds is 8. The molecule has 0 aromatic heterocycles. The number of allylic oxidation sites excluding steroid dienone is 2. The fourth-order valence-corrected chi connectivity index (χ4v) is 3.83. The second-order valence-electron chi connectivity index (χ2n) is 8.63. The van der Waals surface area contributed by atoms with E-state index in [9.17, 15) is 13.2 Å². The van der Waals surface area contributed by atoms with Crippen LogP contribution in [-0.4, -0.2) is 40.6 Å². The fourth-order valence-electron chi connectivity index (χ4n) is 3.32. The van der Waals surface area contributed by atoms with Crippen molar-refractivity contribution in [2.45, 2.75) is 52.4 Å². The third-order valence-corrected chi connectivity index (χ3v) is 5.35. The molecule has 1 N–H and O–H groups in total. The smallest absolute Gasteiger partial charge is 0.233 e. The molecule has 0 radical (unpaired) electrons. The monoisotopic (exact) mass is 439 g/mol. The van der Waals surface area contributed by atoms with Crippen molar-refractivity contribution in [3.05, 3.63) is 42.0 Å². The van der Waals surface area contributed by atoms with E-state index in [-0.39, 0.29) is 30.1 Å². The van der Waals surface area contributed by atoms with E-state index in [0.717, 1.165) is 17.6 Å². The molecule has 0 aliphatic carbocycles. The summed E-state index contributed by atoms with van der Waals surface area (Å²) >= 11 is 0. The zero-order chi connectivity index (χ0) is 22.4. The molecular formula is C22H33NO6S. The Morgan fingerprint density at radius 1 is 1.27 bits per heavy atom. The first-order valence-electron chi connectivity index (χ1n) is 10.1. The van der Waals surface area contributed by atoms with Crippen LogP contribution < -0.4 is 9.46 Å². The Morgan fingerprint density at radius 2 is 1.97 bits per heavy atom. The van der Waals surface area contributed by atoms with Gasteiger partial charge in [0.05, 0.1) is 26.1 Å². The van der Waals surface area contributed by atoms with E-state index >= 15 is 0 Å². The van der Waals surface area contributed by atoms with Gasteiger partial charge in [-0.15, -0.1) is 0 Å². The molecule has 3 unspecified atom stereocenters. The summed E-state index contributed by atoms with van der Waals surface area (Å²) < 4.78 is 42.0. The molecule has 1 fully saturated rings. The van der Waals surface area contributed by atoms with Crippen LogP contribution in [0.15, 0.2) is 36.4 Å². The second kappa shape index (κ2) is 10.4. The van der Waals surface area contributed by atoms with Crippen LogP contribution in [-0.2, 0) is 24.3 Å². The van der Waals surface area contributed by atoms with Crippen molar-refractivity contribution in [1.29, 1.82) is 0 Å². The van der Waals surface area contributed by atoms with Crippen molar-refractivity contribution < 1.29 is 27.4 Å². The lowest BCUT2D eigenvalue weighted by molar-refractivity contribution is -0.275. The van der Waals surface area contributed by atoms with Gasteiger partial charge in [0, 0.05) is 23.3 Å². The van der Waals surface area contributed by atoms with Crippen LogP contribution in [0, 0.1) is 11.3 Å². The molecule has 0 saturated carbocycles. The lowest BCUT2D eigenvalue weighted by Gasteiger charge is -2.42. The van der Waals surface area contributed by atoms with Gasteiger partial charge in [0.15, 0.2) is 6.29 Å². The van der Waals surface area contributed by atoms with Gasteiger partial charge >= 0.3 is 0 Å². The average molecular weight is 440 g/mol. The van der Waals surface area contributed by atoms with Gasteiger partial charge < -0.3 is 14.2 Å². The van der Waals surface area contributed by atoms with Gasteiger partial charge in [-0.05, 0) is 18.9 Å². The summed E-state index contributed by atoms with van der Waals surface area (Å²) in [4.78, 5) is 11.6. The molecule has 1 aromatic rings. The van der Waals surface area contributed by atoms with Gasteiger partial charge in [0.2, 0.25) is 15.9 Å². The van der Waals surface area contributed by atoms with Crippen molar-refractivity contribution in [1.82, 2.24) is 4.72 Å². The van der Waals surface area contributed by atoms with Gasteiger partial charge in [-0.3, -0.25) is 9.52 Å². The molecule has 1 saturated heterocycles. The number of sulfonamides is 1. The lowest BCUT2D eigenvalue weighted by atomic mass is 9.89. The van der Waals surface area contributed by atoms with Crippen LogP contribution in [0.1, 0.15) is 51.7 Å². The number of methoxy groups -OCH3 is 1. The summed E-state index contributed by atoms with van der Waals surface area (Å²) in [5.74, 6) is 0.357. The first kappa shape index (κ1) is 24.4. The summed E-state index contributed by atoms with van der Waals surface area (Å²) in [6.07, 6.45) is 5.61. The molecular weight excluding hydrogens is 406 g/mol. The third-order valence-electron chi connectivity index (χ3n) is 4.76. The Bertz CT molecular complexity index is 843. The van der Waals surface area contributed by atoms with E-state index < -0.39 is 15.9 Å². The number of ether oxygens (including phenoxy) is 3. The molecule has 0 spiro atoms. The molecule has 1 aliphatic heterocycles. The molecule has 3 atom stereocenters. The lowest BCUT2D eigenvalue weighted by Crippen LogP contribution is -2.41. The Kier molecular flexibility index (Phi) is 8.46. The highest BCUT2D eigenvalue weighted by Gasteiger charge is 2.39. The van der Waals surface area contributed by atoms with E-state index in [2.05, 4.69) is 20.8 Å². The molecule has 0 bridgehead atoms. The molecule has 1 amide bonds. The predicted octanol–water partition coefficient (Wildman–Crippen LogP) is 3.57. The maximum atomic E-state index is 11.6. The highest BCUT2D eigenvalue weighted by Crippen LogP contribution is 2.42. The molecule has 1 aliphatic rings. The molecule has 1 heterocycles. The Morgan fingerprint density at radius 3 is 2.60 bits per heavy atom. The van der Waals surface area contributed by atoms with E-state index in [1.807, 2.05) is 41.1 Å². The zero-order valence-corrected chi connectivity index (χ0v) is 19.2. The van der Waals surface area contributed by atoms with Crippen LogP contribution in [0.4, 0.5) is 0 Å². The van der Waals surface area contributed by atoms with Crippen LogP contribution in [0.3, 0.4) is 0 Å². The Labute approximate surface area is 179 Å². The molecule has 30 heavy (non-hydrogen) atoms. The summed E-state index contributed by atoms with van der Waals surface area (Å²) in [6.45, 7) is 6.79. The number of hydrogen-bond acceptors (Lipinski definition) is 6. The molecule has 7 nitrogen and oxygen atoms in total. The Balaban J connectivity index is 2.05.